The van der Waals surface area contributed by atoms with Gasteiger partial charge in [-0.15, -0.1) is 11.8 Å². The van der Waals surface area contributed by atoms with Crippen molar-refractivity contribution in [2.45, 2.75) is 82.4 Å². The topological polar surface area (TPSA) is 121 Å². The third-order valence-corrected chi connectivity index (χ3v) is 7.11. The van der Waals surface area contributed by atoms with Crippen LogP contribution < -0.4 is 0 Å². The summed E-state index contributed by atoms with van der Waals surface area (Å²) in [6.45, 7) is 2.02. The first-order valence-electron chi connectivity index (χ1n) is 10.5. The molecular formula is C20H31F3O7S2. The number of aliphatic hydroxyl groups is 2. The largest absolute Gasteiger partial charge is 0.534 e. The van der Waals surface area contributed by atoms with Gasteiger partial charge in [-0.1, -0.05) is 44.8 Å². The average molecular weight is 505 g/mol. The van der Waals surface area contributed by atoms with Crippen molar-refractivity contribution in [2.75, 3.05) is 5.75 Å². The first-order chi connectivity index (χ1) is 14.9. The molecule has 3 atom stereocenters. The number of rotatable bonds is 15. The molecule has 3 N–H and O–H groups in total. The van der Waals surface area contributed by atoms with Crippen LogP contribution in [0.4, 0.5) is 13.2 Å². The average Bonchev–Trinajstić information content (AvgIpc) is 2.95. The molecule has 1 aliphatic carbocycles. The summed E-state index contributed by atoms with van der Waals surface area (Å²) in [7, 11) is -5.88. The van der Waals surface area contributed by atoms with Crippen molar-refractivity contribution in [1.29, 1.82) is 0 Å². The fraction of sp³-hybridized carbons (Fsp3) is 0.750. The van der Waals surface area contributed by atoms with Gasteiger partial charge in [-0.3, -0.25) is 4.79 Å². The van der Waals surface area contributed by atoms with E-state index in [1.54, 1.807) is 0 Å². The van der Waals surface area contributed by atoms with Crippen molar-refractivity contribution in [3.8, 4) is 0 Å². The molecule has 0 heterocycles. The highest BCUT2D eigenvalue weighted by molar-refractivity contribution is 8.03. The number of hydrogen-bond donors (Lipinski definition) is 3. The molecule has 0 saturated heterocycles. The van der Waals surface area contributed by atoms with Crippen LogP contribution in [0, 0.1) is 5.92 Å². The third-order valence-electron chi connectivity index (χ3n) is 4.82. The van der Waals surface area contributed by atoms with Gasteiger partial charge in [-0.25, -0.2) is 0 Å². The maximum Gasteiger partial charge on any atom is 0.534 e. The van der Waals surface area contributed by atoms with Crippen LogP contribution in [-0.4, -0.2) is 53.2 Å². The standard InChI is InChI=1S/C20H31F3O7S2/c1-2-3-5-8-14(24)10-11-15-16(25)13-17(30-32(28,29)20(21,22)23)19(15)31-12-7-4-6-9-18(26)27/h10-11,14-16,24-25H,2-9,12-13H2,1H3,(H,26,27)/t14-,15-,16+/m0/s1. The van der Waals surface area contributed by atoms with E-state index in [0.29, 0.717) is 31.4 Å². The predicted molar refractivity (Wildman–Crippen MR) is 115 cm³/mol. The van der Waals surface area contributed by atoms with E-state index in [4.69, 9.17) is 5.11 Å². The lowest BCUT2D eigenvalue weighted by Crippen LogP contribution is -2.25. The van der Waals surface area contributed by atoms with E-state index in [1.807, 2.05) is 6.92 Å². The lowest BCUT2D eigenvalue weighted by Gasteiger charge is -2.15. The number of carboxylic acids is 1. The van der Waals surface area contributed by atoms with Crippen LogP contribution in [0.15, 0.2) is 22.8 Å². The smallest absolute Gasteiger partial charge is 0.481 e. The summed E-state index contributed by atoms with van der Waals surface area (Å²) in [5.74, 6) is -1.81. The van der Waals surface area contributed by atoms with Crippen molar-refractivity contribution in [1.82, 2.24) is 0 Å². The second kappa shape index (κ2) is 13.5. The van der Waals surface area contributed by atoms with E-state index in [-0.39, 0.29) is 11.3 Å². The van der Waals surface area contributed by atoms with Gasteiger partial charge in [-0.2, -0.15) is 21.6 Å². The van der Waals surface area contributed by atoms with E-state index in [2.05, 4.69) is 4.18 Å². The molecule has 0 bridgehead atoms. The van der Waals surface area contributed by atoms with E-state index in [0.717, 1.165) is 31.0 Å². The van der Waals surface area contributed by atoms with Crippen LogP contribution in [0.1, 0.15) is 64.7 Å². The lowest BCUT2D eigenvalue weighted by molar-refractivity contribution is -0.137. The molecule has 0 aromatic heterocycles. The molecule has 1 rings (SSSR count). The lowest BCUT2D eigenvalue weighted by atomic mass is 10.0. The number of aliphatic carboxylic acids is 1. The Morgan fingerprint density at radius 2 is 1.94 bits per heavy atom. The van der Waals surface area contributed by atoms with Gasteiger partial charge in [0.2, 0.25) is 0 Å². The molecule has 12 heteroatoms. The fourth-order valence-corrected chi connectivity index (χ4v) is 4.96. The molecule has 32 heavy (non-hydrogen) atoms. The molecule has 1 aliphatic rings. The summed E-state index contributed by atoms with van der Waals surface area (Å²) in [6.07, 6.45) is 5.31. The second-order valence-corrected chi connectivity index (χ2v) is 10.2. The molecule has 0 aliphatic heterocycles. The molecule has 7 nitrogen and oxygen atoms in total. The Balaban J connectivity index is 2.94. The van der Waals surface area contributed by atoms with Gasteiger partial charge in [-0.05, 0) is 25.0 Å². The molecular weight excluding hydrogens is 473 g/mol. The highest BCUT2D eigenvalue weighted by Gasteiger charge is 2.50. The Labute approximate surface area is 190 Å². The van der Waals surface area contributed by atoms with Crippen LogP contribution in [0.25, 0.3) is 0 Å². The first kappa shape index (κ1) is 28.8. The van der Waals surface area contributed by atoms with Gasteiger partial charge in [0.05, 0.1) is 12.2 Å². The molecule has 0 fully saturated rings. The number of carboxylic acid groups (broad SMARTS) is 1. The van der Waals surface area contributed by atoms with E-state index < -0.39 is 51.9 Å². The number of halogens is 3. The maximum atomic E-state index is 12.8. The maximum absolute atomic E-state index is 12.8. The molecule has 186 valence electrons. The van der Waals surface area contributed by atoms with E-state index in [9.17, 15) is 36.6 Å². The van der Waals surface area contributed by atoms with Gasteiger partial charge < -0.3 is 19.5 Å². The predicted octanol–water partition coefficient (Wildman–Crippen LogP) is 4.32. The van der Waals surface area contributed by atoms with Crippen molar-refractivity contribution >= 4 is 27.8 Å². The van der Waals surface area contributed by atoms with Gasteiger partial charge in [0.1, 0.15) is 5.76 Å². The molecule has 0 unspecified atom stereocenters. The SMILES string of the molecule is CCCCC[C@H](O)C=C[C@@H]1C(SCCCCCC(=O)O)=C(OS(=O)(=O)C(F)(F)F)C[C@H]1O. The van der Waals surface area contributed by atoms with Crippen molar-refractivity contribution in [3.63, 3.8) is 0 Å². The first-order valence-corrected chi connectivity index (χ1v) is 12.9. The summed E-state index contributed by atoms with van der Waals surface area (Å²) in [5.41, 5.74) is -5.60. The number of thioether (sulfide) groups is 1. The molecule has 0 saturated carbocycles. The summed E-state index contributed by atoms with van der Waals surface area (Å²) in [6, 6.07) is 0. The number of alkyl halides is 3. The minimum atomic E-state index is -5.88. The summed E-state index contributed by atoms with van der Waals surface area (Å²) in [5, 5.41) is 29.1. The van der Waals surface area contributed by atoms with Crippen molar-refractivity contribution in [3.05, 3.63) is 22.8 Å². The van der Waals surface area contributed by atoms with Crippen LogP contribution in [0.5, 0.6) is 0 Å². The molecule has 0 aromatic carbocycles. The Hall–Kier alpha value is -1.24. The summed E-state index contributed by atoms with van der Waals surface area (Å²) < 4.78 is 65.6. The van der Waals surface area contributed by atoms with Gasteiger partial charge in [0, 0.05) is 23.7 Å². The zero-order chi connectivity index (χ0) is 24.4. The molecule has 0 amide bonds. The number of carbonyl (C=O) groups is 1. The highest BCUT2D eigenvalue weighted by atomic mass is 32.2. The Bertz CT molecular complexity index is 764. The van der Waals surface area contributed by atoms with Gasteiger partial charge in [0.15, 0.2) is 0 Å². The van der Waals surface area contributed by atoms with Gasteiger partial charge >= 0.3 is 21.6 Å². The van der Waals surface area contributed by atoms with Gasteiger partial charge in [0.25, 0.3) is 0 Å². The van der Waals surface area contributed by atoms with Crippen LogP contribution in [0.3, 0.4) is 0 Å². The molecule has 0 radical (unpaired) electrons. The van der Waals surface area contributed by atoms with E-state index in [1.165, 1.54) is 12.2 Å². The molecule has 0 aromatic rings. The molecule has 0 spiro atoms. The minimum absolute atomic E-state index is 0.00550. The number of unbranched alkanes of at least 4 members (excludes halogenated alkanes) is 4. The Morgan fingerprint density at radius 3 is 2.53 bits per heavy atom. The Kier molecular flexibility index (Phi) is 12.1. The van der Waals surface area contributed by atoms with Crippen LogP contribution in [-0.2, 0) is 19.1 Å². The summed E-state index contributed by atoms with van der Waals surface area (Å²) >= 11 is 1.07. The third kappa shape index (κ3) is 9.72. The number of hydrogen-bond acceptors (Lipinski definition) is 7. The highest BCUT2D eigenvalue weighted by Crippen LogP contribution is 2.43. The van der Waals surface area contributed by atoms with Crippen molar-refractivity contribution in [2.24, 2.45) is 5.92 Å². The zero-order valence-corrected chi connectivity index (χ0v) is 19.5. The normalized spacial score (nSPS) is 20.8. The fourth-order valence-electron chi connectivity index (χ4n) is 3.11. The zero-order valence-electron chi connectivity index (χ0n) is 17.9. The quantitative estimate of drug-likeness (QED) is 0.130. The monoisotopic (exact) mass is 504 g/mol. The van der Waals surface area contributed by atoms with Crippen LogP contribution >= 0.6 is 11.8 Å². The Morgan fingerprint density at radius 1 is 1.25 bits per heavy atom. The van der Waals surface area contributed by atoms with Crippen LogP contribution in [0.2, 0.25) is 0 Å². The summed E-state index contributed by atoms with van der Waals surface area (Å²) in [4.78, 5) is 10.7. The minimum Gasteiger partial charge on any atom is -0.481 e. The number of aliphatic hydroxyl groups excluding tert-OH is 2. The van der Waals surface area contributed by atoms with Crippen molar-refractivity contribution < 1.29 is 45.9 Å². The van der Waals surface area contributed by atoms with E-state index >= 15 is 0 Å². The second-order valence-electron chi connectivity index (χ2n) is 7.57.